The molecule has 2 aromatic rings. The van der Waals surface area contributed by atoms with Crippen molar-refractivity contribution < 1.29 is 22.7 Å². The minimum Gasteiger partial charge on any atom is -0.385 e. The molecule has 0 saturated heterocycles. The Labute approximate surface area is 187 Å². The number of Topliss-reactive ketones (excluding diaryl/α,β-unsaturated/α-hetero) is 1. The highest BCUT2D eigenvalue weighted by molar-refractivity contribution is 6.33. The molecule has 1 aliphatic rings. The van der Waals surface area contributed by atoms with Crippen LogP contribution in [0.2, 0.25) is 5.02 Å². The molecular weight excluding hydrogens is 447 g/mol. The van der Waals surface area contributed by atoms with Gasteiger partial charge in [0, 0.05) is 18.8 Å². The molecule has 11 heteroatoms. The van der Waals surface area contributed by atoms with E-state index in [1.807, 2.05) is 6.07 Å². The number of alkyl halides is 2. The van der Waals surface area contributed by atoms with E-state index in [0.717, 1.165) is 13.0 Å². The smallest absolute Gasteiger partial charge is 0.280 e. The second kappa shape index (κ2) is 8.15. The number of nitriles is 1. The molecule has 0 aliphatic carbocycles. The number of aliphatic imine (C=N–C) groups is 1. The molecule has 1 aliphatic heterocycles. The first-order chi connectivity index (χ1) is 14.8. The van der Waals surface area contributed by atoms with Crippen LogP contribution >= 0.6 is 11.6 Å². The van der Waals surface area contributed by atoms with Gasteiger partial charge in [-0.1, -0.05) is 11.6 Å². The number of halogens is 4. The van der Waals surface area contributed by atoms with Crippen molar-refractivity contribution in [2.24, 2.45) is 10.7 Å². The third kappa shape index (κ3) is 4.18. The van der Waals surface area contributed by atoms with Crippen molar-refractivity contribution in [1.82, 2.24) is 9.97 Å². The molecule has 0 spiro atoms. The third-order valence-corrected chi connectivity index (χ3v) is 5.61. The molecule has 168 valence electrons. The minimum absolute atomic E-state index is 0.00109. The predicted molar refractivity (Wildman–Crippen MR) is 110 cm³/mol. The standard InChI is InChI=1S/C21H19ClF3N5O2/c1-19(10-32-20(2,18(27)30-19)21(3,24)25)17-14(23)5-4-12(29-17)7-15(31)16-13(22)6-11(8-26)9-28-16/h4-6,9H,7,10H2,1-3H3,(H2,27,30)/t19-,20+/m0/s1. The van der Waals surface area contributed by atoms with Crippen molar-refractivity contribution in [3.05, 3.63) is 57.9 Å². The molecule has 0 amide bonds. The van der Waals surface area contributed by atoms with Gasteiger partial charge in [-0.15, -0.1) is 0 Å². The fraction of sp³-hybridized carbons (Fsp3) is 0.381. The number of amidine groups is 1. The topological polar surface area (TPSA) is 114 Å². The molecule has 0 bridgehead atoms. The van der Waals surface area contributed by atoms with Gasteiger partial charge in [0.15, 0.2) is 11.4 Å². The lowest BCUT2D eigenvalue weighted by molar-refractivity contribution is -0.167. The highest BCUT2D eigenvalue weighted by atomic mass is 35.5. The van der Waals surface area contributed by atoms with Crippen molar-refractivity contribution in [2.45, 2.75) is 44.3 Å². The van der Waals surface area contributed by atoms with Crippen LogP contribution in [0, 0.1) is 17.1 Å². The number of ketones is 1. The average Bonchev–Trinajstić information content (AvgIpc) is 2.71. The van der Waals surface area contributed by atoms with Gasteiger partial charge in [-0.2, -0.15) is 5.26 Å². The largest absolute Gasteiger partial charge is 0.385 e. The van der Waals surface area contributed by atoms with Crippen LogP contribution in [0.5, 0.6) is 0 Å². The van der Waals surface area contributed by atoms with Gasteiger partial charge >= 0.3 is 0 Å². The summed E-state index contributed by atoms with van der Waals surface area (Å²) in [5, 5.41) is 8.88. The quantitative estimate of drug-likeness (QED) is 0.675. The zero-order chi connectivity index (χ0) is 23.9. The van der Waals surface area contributed by atoms with Gasteiger partial charge in [-0.05, 0) is 32.0 Å². The summed E-state index contributed by atoms with van der Waals surface area (Å²) in [6, 6.07) is 5.57. The Bertz CT molecular complexity index is 1160. The molecule has 0 aromatic carbocycles. The first kappa shape index (κ1) is 23.6. The number of hydrogen-bond acceptors (Lipinski definition) is 7. The van der Waals surface area contributed by atoms with Crippen LogP contribution in [0.4, 0.5) is 13.2 Å². The molecule has 2 aromatic heterocycles. The van der Waals surface area contributed by atoms with Crippen molar-refractivity contribution in [3.8, 4) is 6.07 Å². The Morgan fingerprint density at radius 3 is 2.66 bits per heavy atom. The summed E-state index contributed by atoms with van der Waals surface area (Å²) < 4.78 is 48.0. The van der Waals surface area contributed by atoms with E-state index in [0.29, 0.717) is 6.92 Å². The first-order valence-corrected chi connectivity index (χ1v) is 9.81. The number of pyridine rings is 2. The Balaban J connectivity index is 1.93. The van der Waals surface area contributed by atoms with Crippen LogP contribution in [0.15, 0.2) is 29.4 Å². The third-order valence-electron chi connectivity index (χ3n) is 5.33. The lowest BCUT2D eigenvalue weighted by Crippen LogP contribution is -2.60. The zero-order valence-corrected chi connectivity index (χ0v) is 18.2. The first-order valence-electron chi connectivity index (χ1n) is 9.43. The van der Waals surface area contributed by atoms with Crippen LogP contribution in [0.1, 0.15) is 48.2 Å². The Morgan fingerprint density at radius 1 is 1.41 bits per heavy atom. The van der Waals surface area contributed by atoms with Crippen molar-refractivity contribution in [3.63, 3.8) is 0 Å². The Morgan fingerprint density at radius 2 is 2.09 bits per heavy atom. The number of hydrogen-bond donors (Lipinski definition) is 1. The van der Waals surface area contributed by atoms with E-state index >= 15 is 0 Å². The zero-order valence-electron chi connectivity index (χ0n) is 17.4. The number of carbonyl (C=O) groups excluding carboxylic acids is 1. The fourth-order valence-electron chi connectivity index (χ4n) is 3.15. The van der Waals surface area contributed by atoms with Crippen molar-refractivity contribution in [1.29, 1.82) is 5.26 Å². The summed E-state index contributed by atoms with van der Waals surface area (Å²) in [6.07, 6.45) is 0.938. The summed E-state index contributed by atoms with van der Waals surface area (Å²) in [5.74, 6) is -5.08. The van der Waals surface area contributed by atoms with E-state index in [9.17, 15) is 18.0 Å². The van der Waals surface area contributed by atoms with Crippen molar-refractivity contribution in [2.75, 3.05) is 6.61 Å². The van der Waals surface area contributed by atoms with Gasteiger partial charge in [-0.3, -0.25) is 19.8 Å². The number of ether oxygens (including phenoxy) is 1. The van der Waals surface area contributed by atoms with Crippen LogP contribution in [0.3, 0.4) is 0 Å². The van der Waals surface area contributed by atoms with Crippen molar-refractivity contribution >= 4 is 23.2 Å². The highest BCUT2D eigenvalue weighted by Gasteiger charge is 2.55. The molecule has 0 unspecified atom stereocenters. The van der Waals surface area contributed by atoms with Gasteiger partial charge in [0.05, 0.1) is 23.6 Å². The normalized spacial score (nSPS) is 23.4. The summed E-state index contributed by atoms with van der Waals surface area (Å²) in [5.41, 5.74) is 2.27. The SMILES string of the molecule is CC(F)(F)[C@]1(C)OC[C@@](C)(c2nc(CC(=O)c3ncc(C#N)cc3Cl)ccc2F)N=C1N. The van der Waals surface area contributed by atoms with E-state index < -0.39 is 41.1 Å². The van der Waals surface area contributed by atoms with Crippen LogP contribution in [-0.2, 0) is 16.7 Å². The monoisotopic (exact) mass is 465 g/mol. The molecule has 0 radical (unpaired) electrons. The number of nitrogens with zero attached hydrogens (tertiary/aromatic N) is 4. The minimum atomic E-state index is -3.32. The van der Waals surface area contributed by atoms with E-state index in [1.54, 1.807) is 0 Å². The maximum Gasteiger partial charge on any atom is 0.280 e. The molecular formula is C21H19ClF3N5O2. The second-order valence-electron chi connectivity index (χ2n) is 7.88. The summed E-state index contributed by atoms with van der Waals surface area (Å²) in [4.78, 5) is 24.8. The average molecular weight is 466 g/mol. The van der Waals surface area contributed by atoms with E-state index in [1.165, 1.54) is 25.3 Å². The Kier molecular flexibility index (Phi) is 6.02. The molecule has 0 saturated carbocycles. The van der Waals surface area contributed by atoms with Crippen LogP contribution in [-0.4, -0.2) is 39.7 Å². The number of rotatable bonds is 5. The van der Waals surface area contributed by atoms with Gasteiger partial charge in [0.1, 0.15) is 34.6 Å². The molecule has 3 heterocycles. The number of carbonyl (C=O) groups is 1. The van der Waals surface area contributed by atoms with Gasteiger partial charge in [-0.25, -0.2) is 13.2 Å². The van der Waals surface area contributed by atoms with Gasteiger partial charge < -0.3 is 10.5 Å². The lowest BCUT2D eigenvalue weighted by Gasteiger charge is -2.42. The van der Waals surface area contributed by atoms with E-state index in [4.69, 9.17) is 27.3 Å². The van der Waals surface area contributed by atoms with Crippen LogP contribution in [0.25, 0.3) is 0 Å². The molecule has 2 N–H and O–H groups in total. The second-order valence-corrected chi connectivity index (χ2v) is 8.29. The summed E-state index contributed by atoms with van der Waals surface area (Å²) >= 11 is 6.02. The van der Waals surface area contributed by atoms with Crippen LogP contribution < -0.4 is 5.73 Å². The lowest BCUT2D eigenvalue weighted by atomic mass is 9.90. The molecule has 32 heavy (non-hydrogen) atoms. The van der Waals surface area contributed by atoms with E-state index in [2.05, 4.69) is 15.0 Å². The maximum atomic E-state index is 14.6. The molecule has 7 nitrogen and oxygen atoms in total. The van der Waals surface area contributed by atoms with E-state index in [-0.39, 0.29) is 34.1 Å². The molecule has 3 rings (SSSR count). The predicted octanol–water partition coefficient (Wildman–Crippen LogP) is 3.58. The van der Waals surface area contributed by atoms with Gasteiger partial charge in [0.2, 0.25) is 0 Å². The Hall–Kier alpha value is -3.03. The highest BCUT2D eigenvalue weighted by Crippen LogP contribution is 2.40. The number of nitrogens with two attached hydrogens (primary N) is 1. The fourth-order valence-corrected chi connectivity index (χ4v) is 3.42. The van der Waals surface area contributed by atoms with Gasteiger partial charge in [0.25, 0.3) is 5.92 Å². The summed E-state index contributed by atoms with van der Waals surface area (Å²) in [6.45, 7) is 2.81. The molecule has 0 fully saturated rings. The number of aromatic nitrogens is 2. The maximum absolute atomic E-state index is 14.6. The molecule has 2 atom stereocenters. The summed E-state index contributed by atoms with van der Waals surface area (Å²) in [7, 11) is 0.